The molecule has 0 spiro atoms. The predicted octanol–water partition coefficient (Wildman–Crippen LogP) is 4.01. The van der Waals surface area contributed by atoms with Gasteiger partial charge in [0.25, 0.3) is 0 Å². The van der Waals surface area contributed by atoms with E-state index in [1.165, 1.54) is 11.1 Å². The van der Waals surface area contributed by atoms with Crippen LogP contribution >= 0.6 is 0 Å². The van der Waals surface area contributed by atoms with Crippen LogP contribution in [0.25, 0.3) is 0 Å². The third-order valence-electron chi connectivity index (χ3n) is 3.62. The lowest BCUT2D eigenvalue weighted by Crippen LogP contribution is -2.37. The molecule has 1 atom stereocenters. The molecule has 0 N–H and O–H groups in total. The number of hydrogen-bond donors (Lipinski definition) is 0. The molecule has 1 aliphatic heterocycles. The Kier molecular flexibility index (Phi) is 4.65. The second-order valence-electron chi connectivity index (χ2n) is 5.84. The van der Waals surface area contributed by atoms with E-state index in [1.807, 2.05) is 6.07 Å². The van der Waals surface area contributed by atoms with Crippen LogP contribution in [0.1, 0.15) is 39.2 Å². The fourth-order valence-electron chi connectivity index (χ4n) is 2.63. The minimum atomic E-state index is 0.229. The van der Waals surface area contributed by atoms with Crippen LogP contribution in [0, 0.1) is 0 Å². The van der Waals surface area contributed by atoms with E-state index >= 15 is 0 Å². The van der Waals surface area contributed by atoms with Crippen molar-refractivity contribution < 1.29 is 4.74 Å². The average molecular weight is 259 g/mol. The van der Waals surface area contributed by atoms with Crippen molar-refractivity contribution in [3.05, 3.63) is 42.0 Å². The largest absolute Gasteiger partial charge is 0.491 e. The summed E-state index contributed by atoms with van der Waals surface area (Å²) in [7, 11) is 0. The quantitative estimate of drug-likeness (QED) is 0.757. The Hall–Kier alpha value is -1.28. The Morgan fingerprint density at radius 1 is 1.42 bits per heavy atom. The van der Waals surface area contributed by atoms with Crippen molar-refractivity contribution in [1.82, 2.24) is 4.90 Å². The van der Waals surface area contributed by atoms with E-state index in [4.69, 9.17) is 4.74 Å². The minimum absolute atomic E-state index is 0.229. The Morgan fingerprint density at radius 3 is 2.89 bits per heavy atom. The molecule has 1 aromatic rings. The highest BCUT2D eigenvalue weighted by Gasteiger charge is 2.20. The SMILES string of the molecule is C=C1CCN(Cc2cccc(OC(C)C)c2)C(C)C1. The number of likely N-dealkylation sites (tertiary alicyclic amines) is 1. The highest BCUT2D eigenvalue weighted by molar-refractivity contribution is 5.28. The van der Waals surface area contributed by atoms with Gasteiger partial charge in [0.15, 0.2) is 0 Å². The zero-order valence-electron chi connectivity index (χ0n) is 12.4. The van der Waals surface area contributed by atoms with Crippen LogP contribution < -0.4 is 4.74 Å². The first-order valence-corrected chi connectivity index (χ1v) is 7.21. The number of hydrogen-bond acceptors (Lipinski definition) is 2. The van der Waals surface area contributed by atoms with Gasteiger partial charge in [0.2, 0.25) is 0 Å². The number of piperidine rings is 1. The van der Waals surface area contributed by atoms with Crippen LogP contribution in [0.2, 0.25) is 0 Å². The van der Waals surface area contributed by atoms with Gasteiger partial charge in [0, 0.05) is 19.1 Å². The molecule has 2 nitrogen and oxygen atoms in total. The van der Waals surface area contributed by atoms with Gasteiger partial charge in [-0.3, -0.25) is 4.90 Å². The average Bonchev–Trinajstić information content (AvgIpc) is 2.32. The van der Waals surface area contributed by atoms with Crippen molar-refractivity contribution in [2.75, 3.05) is 6.54 Å². The van der Waals surface area contributed by atoms with E-state index in [1.54, 1.807) is 0 Å². The standard InChI is InChI=1S/C17H25NO/c1-13(2)19-17-7-5-6-16(11-17)12-18-9-8-14(3)10-15(18)4/h5-7,11,13,15H,3,8-10,12H2,1-2,4H3. The smallest absolute Gasteiger partial charge is 0.120 e. The summed E-state index contributed by atoms with van der Waals surface area (Å²) < 4.78 is 5.76. The van der Waals surface area contributed by atoms with Gasteiger partial charge in [0.05, 0.1) is 6.10 Å². The molecule has 1 unspecified atom stereocenters. The van der Waals surface area contributed by atoms with Crippen LogP contribution in [0.15, 0.2) is 36.4 Å². The lowest BCUT2D eigenvalue weighted by molar-refractivity contribution is 0.177. The summed E-state index contributed by atoms with van der Waals surface area (Å²) in [5, 5.41) is 0. The first-order chi connectivity index (χ1) is 9.04. The molecular weight excluding hydrogens is 234 g/mol. The molecule has 0 aliphatic carbocycles. The molecule has 0 saturated carbocycles. The molecular formula is C17H25NO. The maximum absolute atomic E-state index is 5.76. The maximum Gasteiger partial charge on any atom is 0.120 e. The minimum Gasteiger partial charge on any atom is -0.491 e. The van der Waals surface area contributed by atoms with E-state index < -0.39 is 0 Å². The summed E-state index contributed by atoms with van der Waals surface area (Å²) in [6.07, 6.45) is 2.49. The fraction of sp³-hybridized carbons (Fsp3) is 0.529. The van der Waals surface area contributed by atoms with Crippen LogP contribution in [-0.4, -0.2) is 23.6 Å². The van der Waals surface area contributed by atoms with Gasteiger partial charge in [-0.25, -0.2) is 0 Å². The lowest BCUT2D eigenvalue weighted by Gasteiger charge is -2.34. The van der Waals surface area contributed by atoms with Gasteiger partial charge in [0.1, 0.15) is 5.75 Å². The first kappa shape index (κ1) is 14.1. The molecule has 1 aliphatic rings. The van der Waals surface area contributed by atoms with Gasteiger partial charge in [-0.15, -0.1) is 0 Å². The third kappa shape index (κ3) is 4.10. The van der Waals surface area contributed by atoms with Crippen molar-refractivity contribution in [3.8, 4) is 5.75 Å². The van der Waals surface area contributed by atoms with Crippen molar-refractivity contribution in [1.29, 1.82) is 0 Å². The van der Waals surface area contributed by atoms with Crippen molar-refractivity contribution in [2.24, 2.45) is 0 Å². The third-order valence-corrected chi connectivity index (χ3v) is 3.62. The summed E-state index contributed by atoms with van der Waals surface area (Å²) in [6.45, 7) is 12.6. The topological polar surface area (TPSA) is 12.5 Å². The summed E-state index contributed by atoms with van der Waals surface area (Å²) in [5.41, 5.74) is 2.72. The lowest BCUT2D eigenvalue weighted by atomic mass is 9.98. The molecule has 104 valence electrons. The molecule has 1 heterocycles. The van der Waals surface area contributed by atoms with Gasteiger partial charge >= 0.3 is 0 Å². The van der Waals surface area contributed by atoms with Gasteiger partial charge in [-0.2, -0.15) is 0 Å². The Bertz CT molecular complexity index is 439. The second kappa shape index (κ2) is 6.25. The molecule has 1 saturated heterocycles. The molecule has 0 amide bonds. The highest BCUT2D eigenvalue weighted by Crippen LogP contribution is 2.23. The maximum atomic E-state index is 5.76. The molecule has 19 heavy (non-hydrogen) atoms. The number of rotatable bonds is 4. The van der Waals surface area contributed by atoms with Crippen LogP contribution in [0.5, 0.6) is 5.75 Å². The first-order valence-electron chi connectivity index (χ1n) is 7.21. The molecule has 0 bridgehead atoms. The van der Waals surface area contributed by atoms with E-state index in [0.717, 1.165) is 31.7 Å². The van der Waals surface area contributed by atoms with E-state index in [2.05, 4.69) is 50.4 Å². The summed E-state index contributed by atoms with van der Waals surface area (Å²) in [5.74, 6) is 0.974. The molecule has 1 aromatic carbocycles. The summed E-state index contributed by atoms with van der Waals surface area (Å²) >= 11 is 0. The van der Waals surface area contributed by atoms with Crippen LogP contribution in [0.4, 0.5) is 0 Å². The van der Waals surface area contributed by atoms with Crippen molar-refractivity contribution in [2.45, 2.75) is 52.3 Å². The number of ether oxygens (including phenoxy) is 1. The second-order valence-corrected chi connectivity index (χ2v) is 5.84. The van der Waals surface area contributed by atoms with E-state index in [9.17, 15) is 0 Å². The predicted molar refractivity (Wildman–Crippen MR) is 80.5 cm³/mol. The number of nitrogens with zero attached hydrogens (tertiary/aromatic N) is 1. The Morgan fingerprint density at radius 2 is 2.21 bits per heavy atom. The van der Waals surface area contributed by atoms with Crippen molar-refractivity contribution in [3.63, 3.8) is 0 Å². The monoisotopic (exact) mass is 259 g/mol. The summed E-state index contributed by atoms with van der Waals surface area (Å²) in [4.78, 5) is 2.53. The Balaban J connectivity index is 2.00. The number of benzene rings is 1. The van der Waals surface area contributed by atoms with Crippen LogP contribution in [-0.2, 0) is 6.54 Å². The molecule has 0 aromatic heterocycles. The van der Waals surface area contributed by atoms with Gasteiger partial charge in [-0.05, 0) is 51.3 Å². The fourth-order valence-corrected chi connectivity index (χ4v) is 2.63. The summed E-state index contributed by atoms with van der Waals surface area (Å²) in [6, 6.07) is 9.06. The van der Waals surface area contributed by atoms with E-state index in [-0.39, 0.29) is 6.10 Å². The van der Waals surface area contributed by atoms with Crippen LogP contribution in [0.3, 0.4) is 0 Å². The molecule has 2 heteroatoms. The van der Waals surface area contributed by atoms with E-state index in [0.29, 0.717) is 6.04 Å². The molecule has 0 radical (unpaired) electrons. The zero-order chi connectivity index (χ0) is 13.8. The van der Waals surface area contributed by atoms with Gasteiger partial charge in [-0.1, -0.05) is 24.3 Å². The normalized spacial score (nSPS) is 20.8. The van der Waals surface area contributed by atoms with Gasteiger partial charge < -0.3 is 4.74 Å². The zero-order valence-corrected chi connectivity index (χ0v) is 12.4. The highest BCUT2D eigenvalue weighted by atomic mass is 16.5. The van der Waals surface area contributed by atoms with Crippen molar-refractivity contribution >= 4 is 0 Å². The Labute approximate surface area is 117 Å². The molecule has 2 rings (SSSR count). The molecule has 1 fully saturated rings.